The SMILES string of the molecule is Cc1ccc(CNc2nccn3nccc23)o1. The van der Waals surface area contributed by atoms with Gasteiger partial charge >= 0.3 is 0 Å². The van der Waals surface area contributed by atoms with E-state index in [0.717, 1.165) is 22.9 Å². The van der Waals surface area contributed by atoms with E-state index >= 15 is 0 Å². The van der Waals surface area contributed by atoms with Gasteiger partial charge in [-0.15, -0.1) is 0 Å². The van der Waals surface area contributed by atoms with E-state index in [1.54, 1.807) is 16.9 Å². The van der Waals surface area contributed by atoms with E-state index in [2.05, 4.69) is 15.4 Å². The normalized spacial score (nSPS) is 10.9. The van der Waals surface area contributed by atoms with Gasteiger partial charge in [-0.25, -0.2) is 9.50 Å². The van der Waals surface area contributed by atoms with Crippen LogP contribution < -0.4 is 5.32 Å². The number of aromatic nitrogens is 3. The second-order valence-corrected chi connectivity index (χ2v) is 3.80. The van der Waals surface area contributed by atoms with Crippen LogP contribution in [0.2, 0.25) is 0 Å². The van der Waals surface area contributed by atoms with Gasteiger partial charge in [0.15, 0.2) is 5.82 Å². The van der Waals surface area contributed by atoms with E-state index < -0.39 is 0 Å². The first-order chi connectivity index (χ1) is 8.33. The molecule has 0 unspecified atom stereocenters. The smallest absolute Gasteiger partial charge is 0.152 e. The highest BCUT2D eigenvalue weighted by atomic mass is 16.3. The van der Waals surface area contributed by atoms with Gasteiger partial charge in [0.05, 0.1) is 12.7 Å². The number of furan rings is 1. The van der Waals surface area contributed by atoms with Crippen molar-refractivity contribution < 1.29 is 4.42 Å². The first-order valence-corrected chi connectivity index (χ1v) is 5.40. The third kappa shape index (κ3) is 1.87. The third-order valence-electron chi connectivity index (χ3n) is 2.55. The summed E-state index contributed by atoms with van der Waals surface area (Å²) < 4.78 is 7.27. The molecule has 0 saturated carbocycles. The van der Waals surface area contributed by atoms with E-state index in [0.29, 0.717) is 6.54 Å². The largest absolute Gasteiger partial charge is 0.465 e. The van der Waals surface area contributed by atoms with Crippen molar-refractivity contribution in [3.05, 3.63) is 48.3 Å². The molecule has 0 aromatic carbocycles. The molecule has 0 radical (unpaired) electrons. The van der Waals surface area contributed by atoms with Gasteiger partial charge < -0.3 is 9.73 Å². The van der Waals surface area contributed by atoms with Crippen LogP contribution in [0.4, 0.5) is 5.82 Å². The molecule has 0 atom stereocenters. The molecule has 0 amide bonds. The average Bonchev–Trinajstić information content (AvgIpc) is 2.94. The van der Waals surface area contributed by atoms with Crippen molar-refractivity contribution in [2.24, 2.45) is 0 Å². The van der Waals surface area contributed by atoms with E-state index in [4.69, 9.17) is 4.42 Å². The molecule has 86 valence electrons. The van der Waals surface area contributed by atoms with Gasteiger partial charge in [0.25, 0.3) is 0 Å². The van der Waals surface area contributed by atoms with Crippen LogP contribution in [0.1, 0.15) is 11.5 Å². The van der Waals surface area contributed by atoms with Crippen molar-refractivity contribution >= 4 is 11.3 Å². The first kappa shape index (κ1) is 9.89. The number of nitrogens with zero attached hydrogens (tertiary/aromatic N) is 3. The van der Waals surface area contributed by atoms with Gasteiger partial charge in [0.1, 0.15) is 17.0 Å². The Morgan fingerprint density at radius 2 is 2.24 bits per heavy atom. The molecule has 5 nitrogen and oxygen atoms in total. The molecule has 3 heterocycles. The highest BCUT2D eigenvalue weighted by molar-refractivity contribution is 5.66. The van der Waals surface area contributed by atoms with E-state index in [1.807, 2.05) is 31.3 Å². The monoisotopic (exact) mass is 228 g/mol. The molecule has 0 aliphatic carbocycles. The van der Waals surface area contributed by atoms with Crippen LogP contribution in [0.15, 0.2) is 41.2 Å². The van der Waals surface area contributed by atoms with Crippen LogP contribution in [-0.4, -0.2) is 14.6 Å². The highest BCUT2D eigenvalue weighted by Crippen LogP contribution is 2.14. The van der Waals surface area contributed by atoms with Crippen molar-refractivity contribution in [3.63, 3.8) is 0 Å². The highest BCUT2D eigenvalue weighted by Gasteiger charge is 2.04. The molecule has 0 fully saturated rings. The van der Waals surface area contributed by atoms with Gasteiger partial charge in [-0.2, -0.15) is 5.10 Å². The molecule has 3 rings (SSSR count). The topological polar surface area (TPSA) is 55.4 Å². The lowest BCUT2D eigenvalue weighted by atomic mass is 10.4. The molecular formula is C12H12N4O. The van der Waals surface area contributed by atoms with Crippen LogP contribution in [0.5, 0.6) is 0 Å². The lowest BCUT2D eigenvalue weighted by molar-refractivity contribution is 0.490. The number of nitrogens with one attached hydrogen (secondary N) is 1. The number of rotatable bonds is 3. The summed E-state index contributed by atoms with van der Waals surface area (Å²) in [5.74, 6) is 2.61. The summed E-state index contributed by atoms with van der Waals surface area (Å²) in [5.41, 5.74) is 0.954. The summed E-state index contributed by atoms with van der Waals surface area (Å²) in [5, 5.41) is 7.39. The maximum atomic E-state index is 5.49. The van der Waals surface area contributed by atoms with Gasteiger partial charge in [-0.3, -0.25) is 0 Å². The molecule has 0 aliphatic heterocycles. The Morgan fingerprint density at radius 1 is 1.29 bits per heavy atom. The lowest BCUT2D eigenvalue weighted by Gasteiger charge is -2.04. The predicted octanol–water partition coefficient (Wildman–Crippen LogP) is 2.24. The minimum absolute atomic E-state index is 0.617. The van der Waals surface area contributed by atoms with Crippen LogP contribution in [-0.2, 0) is 6.54 Å². The fourth-order valence-electron chi connectivity index (χ4n) is 1.74. The Kier molecular flexibility index (Phi) is 2.29. The fraction of sp³-hybridized carbons (Fsp3) is 0.167. The quantitative estimate of drug-likeness (QED) is 0.747. The molecule has 17 heavy (non-hydrogen) atoms. The summed E-state index contributed by atoms with van der Waals surface area (Å²) in [6, 6.07) is 5.82. The van der Waals surface area contributed by atoms with E-state index in [9.17, 15) is 0 Å². The van der Waals surface area contributed by atoms with Gasteiger partial charge in [-0.05, 0) is 25.1 Å². The van der Waals surface area contributed by atoms with Crippen LogP contribution in [0, 0.1) is 6.92 Å². The number of anilines is 1. The maximum Gasteiger partial charge on any atom is 0.152 e. The number of hydrogen-bond donors (Lipinski definition) is 1. The number of aryl methyl sites for hydroxylation is 1. The first-order valence-electron chi connectivity index (χ1n) is 5.40. The Morgan fingerprint density at radius 3 is 3.06 bits per heavy atom. The zero-order valence-corrected chi connectivity index (χ0v) is 9.42. The summed E-state index contributed by atoms with van der Waals surface area (Å²) in [6.07, 6.45) is 5.28. The van der Waals surface area contributed by atoms with Crippen molar-refractivity contribution in [2.45, 2.75) is 13.5 Å². The minimum Gasteiger partial charge on any atom is -0.465 e. The van der Waals surface area contributed by atoms with E-state index in [1.165, 1.54) is 0 Å². The molecule has 1 N–H and O–H groups in total. The van der Waals surface area contributed by atoms with Gasteiger partial charge in [0, 0.05) is 12.4 Å². The Hall–Kier alpha value is -2.30. The van der Waals surface area contributed by atoms with Crippen LogP contribution in [0.3, 0.4) is 0 Å². The third-order valence-corrected chi connectivity index (χ3v) is 2.55. The Bertz CT molecular complexity index is 641. The van der Waals surface area contributed by atoms with Crippen LogP contribution in [0.25, 0.3) is 5.52 Å². The molecule has 0 bridgehead atoms. The van der Waals surface area contributed by atoms with Gasteiger partial charge in [-0.1, -0.05) is 0 Å². The maximum absolute atomic E-state index is 5.49. The number of hydrogen-bond acceptors (Lipinski definition) is 4. The van der Waals surface area contributed by atoms with Gasteiger partial charge in [0.2, 0.25) is 0 Å². The summed E-state index contributed by atoms with van der Waals surface area (Å²) >= 11 is 0. The zero-order chi connectivity index (χ0) is 11.7. The van der Waals surface area contributed by atoms with E-state index in [-0.39, 0.29) is 0 Å². The summed E-state index contributed by atoms with van der Waals surface area (Å²) in [6.45, 7) is 2.55. The molecule has 3 aromatic rings. The molecular weight excluding hydrogens is 216 g/mol. The van der Waals surface area contributed by atoms with Crippen molar-refractivity contribution in [2.75, 3.05) is 5.32 Å². The molecule has 0 spiro atoms. The van der Waals surface area contributed by atoms with Crippen molar-refractivity contribution in [1.29, 1.82) is 0 Å². The Labute approximate surface area is 98.1 Å². The standard InChI is InChI=1S/C12H12N4O/c1-9-2-3-10(17-9)8-14-12-11-4-5-15-16(11)7-6-13-12/h2-7H,8H2,1H3,(H,13,14). The molecule has 5 heteroatoms. The molecule has 0 saturated heterocycles. The minimum atomic E-state index is 0.617. The second kappa shape index (κ2) is 3.93. The zero-order valence-electron chi connectivity index (χ0n) is 9.42. The fourth-order valence-corrected chi connectivity index (χ4v) is 1.74. The average molecular weight is 228 g/mol. The molecule has 3 aromatic heterocycles. The Balaban J connectivity index is 1.83. The number of fused-ring (bicyclic) bond motifs is 1. The van der Waals surface area contributed by atoms with Crippen molar-refractivity contribution in [1.82, 2.24) is 14.6 Å². The molecule has 0 aliphatic rings. The second-order valence-electron chi connectivity index (χ2n) is 3.80. The lowest BCUT2D eigenvalue weighted by Crippen LogP contribution is -2.02. The summed E-state index contributed by atoms with van der Waals surface area (Å²) in [7, 11) is 0. The van der Waals surface area contributed by atoms with Crippen LogP contribution >= 0.6 is 0 Å². The predicted molar refractivity (Wildman–Crippen MR) is 63.8 cm³/mol. The summed E-state index contributed by atoms with van der Waals surface area (Å²) in [4.78, 5) is 4.29. The van der Waals surface area contributed by atoms with Crippen molar-refractivity contribution in [3.8, 4) is 0 Å².